The zero-order valence-electron chi connectivity index (χ0n) is 61.4. The van der Waals surface area contributed by atoms with Crippen LogP contribution in [0.3, 0.4) is 0 Å². The van der Waals surface area contributed by atoms with E-state index in [9.17, 15) is 43.2 Å². The molecule has 17 nitrogen and oxygen atoms in total. The van der Waals surface area contributed by atoms with Gasteiger partial charge in [-0.1, -0.05) is 331 Å². The van der Waals surface area contributed by atoms with Crippen LogP contribution in [0.5, 0.6) is 0 Å². The highest BCUT2D eigenvalue weighted by molar-refractivity contribution is 7.47. The SMILES string of the molecule is CCCCCCCC(=O)OC[C@H](COP(=O)(O)OC[C@H](O)COP(=O)(O)OC[C@@H](COC(=O)CCCCCCCCCCCCCCCCC(C)CC)OC(=O)CCCCCCCCCCCCCCCCCCC(C)C)OC(=O)CCCCCCCCCCCC(C)C. The summed E-state index contributed by atoms with van der Waals surface area (Å²) in [6.07, 6.45) is 51.8. The lowest BCUT2D eigenvalue weighted by atomic mass is 9.99. The van der Waals surface area contributed by atoms with Crippen molar-refractivity contribution in [3.05, 3.63) is 0 Å². The van der Waals surface area contributed by atoms with E-state index in [-0.39, 0.29) is 25.7 Å². The van der Waals surface area contributed by atoms with Gasteiger partial charge < -0.3 is 33.8 Å². The van der Waals surface area contributed by atoms with Crippen molar-refractivity contribution in [3.8, 4) is 0 Å². The highest BCUT2D eigenvalue weighted by Crippen LogP contribution is 2.45. The summed E-state index contributed by atoms with van der Waals surface area (Å²) in [4.78, 5) is 72.5. The lowest BCUT2D eigenvalue weighted by Gasteiger charge is -2.21. The van der Waals surface area contributed by atoms with Crippen LogP contribution in [0.25, 0.3) is 0 Å². The van der Waals surface area contributed by atoms with Crippen LogP contribution in [0.1, 0.15) is 382 Å². The first-order valence-electron chi connectivity index (χ1n) is 38.9. The Kier molecular flexibility index (Phi) is 64.3. The van der Waals surface area contributed by atoms with Crippen LogP contribution in [0.15, 0.2) is 0 Å². The number of aliphatic hydroxyl groups excluding tert-OH is 1. The highest BCUT2D eigenvalue weighted by Gasteiger charge is 2.30. The van der Waals surface area contributed by atoms with Crippen LogP contribution in [0, 0.1) is 17.8 Å². The maximum absolute atomic E-state index is 13.1. The van der Waals surface area contributed by atoms with Gasteiger partial charge in [0.15, 0.2) is 12.2 Å². The number of ether oxygens (including phenoxy) is 4. The summed E-state index contributed by atoms with van der Waals surface area (Å²) in [5.41, 5.74) is 0. The van der Waals surface area contributed by atoms with E-state index >= 15 is 0 Å². The summed E-state index contributed by atoms with van der Waals surface area (Å²) in [5, 5.41) is 10.6. The molecule has 0 aliphatic carbocycles. The summed E-state index contributed by atoms with van der Waals surface area (Å²) in [5.74, 6) is 0.265. The molecule has 0 aromatic carbocycles. The van der Waals surface area contributed by atoms with Gasteiger partial charge in [-0.3, -0.25) is 37.3 Å². The van der Waals surface area contributed by atoms with Crippen LogP contribution >= 0.6 is 15.6 Å². The average molecular weight is 1380 g/mol. The molecule has 0 heterocycles. The third-order valence-corrected chi connectivity index (χ3v) is 19.6. The van der Waals surface area contributed by atoms with Crippen LogP contribution in [0.4, 0.5) is 0 Å². The van der Waals surface area contributed by atoms with Crippen molar-refractivity contribution in [2.45, 2.75) is 401 Å². The molecule has 0 spiro atoms. The van der Waals surface area contributed by atoms with Gasteiger partial charge in [-0.2, -0.15) is 0 Å². The van der Waals surface area contributed by atoms with E-state index in [2.05, 4.69) is 48.5 Å². The summed E-state index contributed by atoms with van der Waals surface area (Å²) < 4.78 is 68.2. The number of esters is 4. The van der Waals surface area contributed by atoms with Crippen LogP contribution in [-0.2, 0) is 65.4 Å². The quantitative estimate of drug-likeness (QED) is 0.0222. The molecule has 19 heteroatoms. The largest absolute Gasteiger partial charge is 0.472 e. The van der Waals surface area contributed by atoms with E-state index in [0.717, 1.165) is 114 Å². The number of phosphoric acid groups is 2. The Morgan fingerprint density at radius 3 is 0.809 bits per heavy atom. The molecule has 0 saturated heterocycles. The minimum absolute atomic E-state index is 0.104. The van der Waals surface area contributed by atoms with Gasteiger partial charge >= 0.3 is 39.5 Å². The van der Waals surface area contributed by atoms with Crippen LogP contribution < -0.4 is 0 Å². The number of carbonyl (C=O) groups is 4. The van der Waals surface area contributed by atoms with Gasteiger partial charge in [-0.15, -0.1) is 0 Å². The molecule has 3 N–H and O–H groups in total. The summed E-state index contributed by atoms with van der Waals surface area (Å²) >= 11 is 0. The molecule has 6 atom stereocenters. The third kappa shape index (κ3) is 67.3. The van der Waals surface area contributed by atoms with Crippen molar-refractivity contribution in [1.29, 1.82) is 0 Å². The minimum atomic E-state index is -4.96. The Morgan fingerprint density at radius 2 is 0.543 bits per heavy atom. The molecule has 0 bridgehead atoms. The molecule has 0 aliphatic rings. The van der Waals surface area contributed by atoms with Crippen molar-refractivity contribution in [3.63, 3.8) is 0 Å². The Labute approximate surface area is 575 Å². The van der Waals surface area contributed by atoms with Gasteiger partial charge in [0.25, 0.3) is 0 Å². The summed E-state index contributed by atoms with van der Waals surface area (Å²) in [7, 11) is -9.90. The number of unbranched alkanes of at least 4 members (excludes halogenated alkanes) is 40. The maximum Gasteiger partial charge on any atom is 0.472 e. The number of rotatable bonds is 73. The van der Waals surface area contributed by atoms with E-state index in [1.807, 2.05) is 0 Å². The monoisotopic (exact) mass is 1380 g/mol. The zero-order valence-corrected chi connectivity index (χ0v) is 63.2. The first kappa shape index (κ1) is 92.1. The number of aliphatic hydroxyl groups is 1. The van der Waals surface area contributed by atoms with Crippen molar-refractivity contribution in [2.24, 2.45) is 17.8 Å². The van der Waals surface area contributed by atoms with Gasteiger partial charge in [-0.05, 0) is 43.4 Å². The highest BCUT2D eigenvalue weighted by atomic mass is 31.2. The summed E-state index contributed by atoms with van der Waals surface area (Å²) in [6.45, 7) is 11.9. The van der Waals surface area contributed by atoms with Gasteiger partial charge in [0.1, 0.15) is 19.3 Å². The molecule has 3 unspecified atom stereocenters. The van der Waals surface area contributed by atoms with E-state index in [4.69, 9.17) is 37.0 Å². The number of carbonyl (C=O) groups excluding carboxylic acids is 4. The Hall–Kier alpha value is -1.94. The molecule has 0 aromatic heterocycles. The molecule has 558 valence electrons. The minimum Gasteiger partial charge on any atom is -0.462 e. The normalized spacial score (nSPS) is 14.4. The third-order valence-electron chi connectivity index (χ3n) is 17.7. The average Bonchev–Trinajstić information content (AvgIpc) is 2.34. The van der Waals surface area contributed by atoms with E-state index in [1.54, 1.807) is 0 Å². The molecule has 0 fully saturated rings. The number of hydrogen-bond donors (Lipinski definition) is 3. The smallest absolute Gasteiger partial charge is 0.462 e. The van der Waals surface area contributed by atoms with Crippen molar-refractivity contribution in [1.82, 2.24) is 0 Å². The Morgan fingerprint density at radius 1 is 0.309 bits per heavy atom. The molecule has 0 rings (SSSR count). The molecule has 0 saturated carbocycles. The second-order valence-corrected chi connectivity index (χ2v) is 31.1. The van der Waals surface area contributed by atoms with Gasteiger partial charge in [0.05, 0.1) is 26.4 Å². The topological polar surface area (TPSA) is 237 Å². The standard InChI is InChI=1S/C75H146O17P2/c1-8-10-11-39-49-56-72(77)85-62-70(91-75(80)59-52-45-38-32-26-28-34-41-47-54-67(5)6)64-89-93(81,82)87-60-69(76)61-88-94(83,84)90-65-71(63-86-73(78)57-50-43-36-30-24-20-17-16-19-23-29-35-42-48-55-68(7)9-2)92-74(79)58-51-44-37-31-25-21-15-13-12-14-18-22-27-33-40-46-53-66(3)4/h66-71,76H,8-65H2,1-7H3,(H,81,82)(H,83,84)/t68?,69-,70+,71+/m0/s1. The first-order chi connectivity index (χ1) is 45.3. The molecular weight excluding hydrogens is 1230 g/mol. The first-order valence-corrected chi connectivity index (χ1v) is 41.9. The number of phosphoric ester groups is 2. The molecule has 0 aliphatic heterocycles. The van der Waals surface area contributed by atoms with E-state index < -0.39 is 97.5 Å². The molecular formula is C75H146O17P2. The predicted octanol–water partition coefficient (Wildman–Crippen LogP) is 21.8. The lowest BCUT2D eigenvalue weighted by molar-refractivity contribution is -0.161. The van der Waals surface area contributed by atoms with Gasteiger partial charge in [0.2, 0.25) is 0 Å². The van der Waals surface area contributed by atoms with Gasteiger partial charge in [-0.25, -0.2) is 9.13 Å². The molecule has 94 heavy (non-hydrogen) atoms. The fourth-order valence-electron chi connectivity index (χ4n) is 11.4. The molecule has 0 radical (unpaired) electrons. The fourth-order valence-corrected chi connectivity index (χ4v) is 13.0. The lowest BCUT2D eigenvalue weighted by Crippen LogP contribution is -2.30. The fraction of sp³-hybridized carbons (Fsp3) is 0.947. The maximum atomic E-state index is 13.1. The van der Waals surface area contributed by atoms with Crippen molar-refractivity contribution < 1.29 is 80.2 Å². The second kappa shape index (κ2) is 65.7. The Balaban J connectivity index is 5.14. The zero-order chi connectivity index (χ0) is 69.4. The van der Waals surface area contributed by atoms with Crippen molar-refractivity contribution in [2.75, 3.05) is 39.6 Å². The van der Waals surface area contributed by atoms with Crippen LogP contribution in [0.2, 0.25) is 0 Å². The molecule has 0 amide bonds. The van der Waals surface area contributed by atoms with E-state index in [0.29, 0.717) is 25.7 Å². The Bertz CT molecular complexity index is 1840. The second-order valence-electron chi connectivity index (χ2n) is 28.2. The van der Waals surface area contributed by atoms with Crippen LogP contribution in [-0.4, -0.2) is 96.7 Å². The predicted molar refractivity (Wildman–Crippen MR) is 381 cm³/mol. The van der Waals surface area contributed by atoms with E-state index in [1.165, 1.54) is 186 Å². The number of hydrogen-bond acceptors (Lipinski definition) is 15. The summed E-state index contributed by atoms with van der Waals surface area (Å²) in [6, 6.07) is 0. The van der Waals surface area contributed by atoms with Gasteiger partial charge in [0, 0.05) is 25.7 Å². The van der Waals surface area contributed by atoms with Crippen molar-refractivity contribution >= 4 is 39.5 Å². The molecule has 0 aromatic rings.